The maximum Gasteiger partial charge on any atom is 0.0330 e. The molecule has 1 fully saturated rings. The minimum Gasteiger partial charge on any atom is -0.308 e. The Balaban J connectivity index is 2.03. The zero-order valence-electron chi connectivity index (χ0n) is 14.6. The summed E-state index contributed by atoms with van der Waals surface area (Å²) in [6, 6.07) is 2.80. The summed E-state index contributed by atoms with van der Waals surface area (Å²) in [6.07, 6.45) is 5.41. The van der Waals surface area contributed by atoms with Crippen LogP contribution in [0, 0.1) is 19.8 Å². The molecule has 3 atom stereocenters. The normalized spacial score (nSPS) is 28.0. The van der Waals surface area contributed by atoms with Crippen LogP contribution in [-0.2, 0) is 0 Å². The Hall–Kier alpha value is -0.380. The summed E-state index contributed by atoms with van der Waals surface area (Å²) in [6.45, 7) is 10.3. The van der Waals surface area contributed by atoms with Gasteiger partial charge in [-0.15, -0.1) is 11.3 Å². The lowest BCUT2D eigenvalue weighted by atomic mass is 9.75. The van der Waals surface area contributed by atoms with Crippen molar-refractivity contribution in [3.05, 3.63) is 21.4 Å². The molecule has 3 heteroatoms. The summed E-state index contributed by atoms with van der Waals surface area (Å²) in [5, 5.41) is 3.83. The Morgan fingerprint density at radius 2 is 2.14 bits per heavy atom. The smallest absolute Gasteiger partial charge is 0.0330 e. The van der Waals surface area contributed by atoms with E-state index >= 15 is 0 Å². The van der Waals surface area contributed by atoms with Gasteiger partial charge in [0.15, 0.2) is 0 Å². The van der Waals surface area contributed by atoms with Crippen molar-refractivity contribution in [3.63, 3.8) is 0 Å². The number of nitrogens with one attached hydrogen (secondary N) is 1. The molecule has 0 aliphatic heterocycles. The predicted molar refractivity (Wildman–Crippen MR) is 94.3 cm³/mol. The van der Waals surface area contributed by atoms with Gasteiger partial charge < -0.3 is 10.2 Å². The lowest BCUT2D eigenvalue weighted by Crippen LogP contribution is -2.54. The van der Waals surface area contributed by atoms with Crippen LogP contribution in [0.25, 0.3) is 0 Å². The Labute approximate surface area is 134 Å². The molecule has 21 heavy (non-hydrogen) atoms. The van der Waals surface area contributed by atoms with Crippen LogP contribution in [0.1, 0.15) is 60.9 Å². The second-order valence-corrected chi connectivity index (χ2v) is 8.75. The third-order valence-electron chi connectivity index (χ3n) is 5.30. The van der Waals surface area contributed by atoms with Crippen molar-refractivity contribution in [3.8, 4) is 0 Å². The number of aryl methyl sites for hydroxylation is 2. The fourth-order valence-electron chi connectivity index (χ4n) is 3.89. The standard InChI is InChI=1S/C18H32N2S/c1-13-8-7-9-18(11-13,20(5)6)12-19-15(3)17-10-14(2)21-16(17)4/h10,13,15,19H,7-9,11-12H2,1-6H3. The van der Waals surface area contributed by atoms with E-state index in [0.717, 1.165) is 12.5 Å². The first kappa shape index (κ1) is 17.0. The lowest BCUT2D eigenvalue weighted by Gasteiger charge is -2.46. The van der Waals surface area contributed by atoms with Crippen LogP contribution in [0.5, 0.6) is 0 Å². The lowest BCUT2D eigenvalue weighted by molar-refractivity contribution is 0.0728. The van der Waals surface area contributed by atoms with Crippen LogP contribution in [-0.4, -0.2) is 31.1 Å². The van der Waals surface area contributed by atoms with Crippen molar-refractivity contribution in [2.45, 2.75) is 65.0 Å². The molecule has 0 bridgehead atoms. The van der Waals surface area contributed by atoms with E-state index in [1.165, 1.54) is 41.0 Å². The Bertz CT molecular complexity index is 466. The zero-order chi connectivity index (χ0) is 15.6. The van der Waals surface area contributed by atoms with Gasteiger partial charge in [0.1, 0.15) is 0 Å². The third-order valence-corrected chi connectivity index (χ3v) is 6.28. The topological polar surface area (TPSA) is 15.3 Å². The van der Waals surface area contributed by atoms with Crippen LogP contribution in [0.15, 0.2) is 6.07 Å². The van der Waals surface area contributed by atoms with E-state index in [0.29, 0.717) is 11.6 Å². The average Bonchev–Trinajstić information content (AvgIpc) is 2.75. The summed E-state index contributed by atoms with van der Waals surface area (Å²) in [5.74, 6) is 0.850. The van der Waals surface area contributed by atoms with Crippen molar-refractivity contribution < 1.29 is 0 Å². The van der Waals surface area contributed by atoms with Crippen molar-refractivity contribution in [1.29, 1.82) is 0 Å². The molecule has 1 aliphatic carbocycles. The summed E-state index contributed by atoms with van der Waals surface area (Å²) in [7, 11) is 4.51. The molecule has 0 aromatic carbocycles. The van der Waals surface area contributed by atoms with Crippen LogP contribution in [0.3, 0.4) is 0 Å². The summed E-state index contributed by atoms with van der Waals surface area (Å²) >= 11 is 1.91. The van der Waals surface area contributed by atoms with Crippen LogP contribution >= 0.6 is 11.3 Å². The van der Waals surface area contributed by atoms with Gasteiger partial charge in [0.2, 0.25) is 0 Å². The minimum absolute atomic E-state index is 0.338. The van der Waals surface area contributed by atoms with Gasteiger partial charge in [0, 0.05) is 27.9 Å². The highest BCUT2D eigenvalue weighted by atomic mass is 32.1. The molecule has 1 aliphatic rings. The van der Waals surface area contributed by atoms with Crippen LogP contribution in [0.2, 0.25) is 0 Å². The minimum atomic E-state index is 0.338. The van der Waals surface area contributed by atoms with Gasteiger partial charge in [-0.05, 0) is 65.3 Å². The van der Waals surface area contributed by atoms with Crippen molar-refractivity contribution in [1.82, 2.24) is 10.2 Å². The SMILES string of the molecule is Cc1cc(C(C)NCC2(N(C)C)CCCC(C)C2)c(C)s1. The maximum atomic E-state index is 3.83. The van der Waals surface area contributed by atoms with Crippen molar-refractivity contribution in [2.24, 2.45) is 5.92 Å². The summed E-state index contributed by atoms with van der Waals surface area (Å²) in [4.78, 5) is 5.35. The molecular weight excluding hydrogens is 276 g/mol. The Kier molecular flexibility index (Phi) is 5.50. The van der Waals surface area contributed by atoms with Gasteiger partial charge in [0.05, 0.1) is 0 Å². The predicted octanol–water partition coefficient (Wildman–Crippen LogP) is 4.53. The second-order valence-electron chi connectivity index (χ2n) is 7.29. The third kappa shape index (κ3) is 3.88. The van der Waals surface area contributed by atoms with E-state index in [4.69, 9.17) is 0 Å². The van der Waals surface area contributed by atoms with E-state index in [1.54, 1.807) is 0 Å². The molecule has 0 amide bonds. The second kappa shape index (κ2) is 6.80. The van der Waals surface area contributed by atoms with Crippen LogP contribution in [0.4, 0.5) is 0 Å². The van der Waals surface area contributed by atoms with Gasteiger partial charge in [0.25, 0.3) is 0 Å². The number of thiophene rings is 1. The molecule has 2 rings (SSSR count). The van der Waals surface area contributed by atoms with E-state index < -0.39 is 0 Å². The summed E-state index contributed by atoms with van der Waals surface area (Å²) in [5.41, 5.74) is 1.82. The first-order chi connectivity index (χ1) is 9.84. The fraction of sp³-hybridized carbons (Fsp3) is 0.778. The van der Waals surface area contributed by atoms with Gasteiger partial charge in [-0.25, -0.2) is 0 Å². The highest BCUT2D eigenvalue weighted by Crippen LogP contribution is 2.36. The van der Waals surface area contributed by atoms with Gasteiger partial charge >= 0.3 is 0 Å². The van der Waals surface area contributed by atoms with Gasteiger partial charge in [-0.2, -0.15) is 0 Å². The molecular formula is C18H32N2S. The Morgan fingerprint density at radius 1 is 1.43 bits per heavy atom. The summed E-state index contributed by atoms with van der Waals surface area (Å²) < 4.78 is 0. The first-order valence-electron chi connectivity index (χ1n) is 8.32. The molecule has 1 saturated carbocycles. The average molecular weight is 309 g/mol. The first-order valence-corrected chi connectivity index (χ1v) is 9.13. The molecule has 0 radical (unpaired) electrons. The number of hydrogen-bond donors (Lipinski definition) is 1. The van der Waals surface area contributed by atoms with Crippen molar-refractivity contribution >= 4 is 11.3 Å². The largest absolute Gasteiger partial charge is 0.308 e. The number of likely N-dealkylation sites (N-methyl/N-ethyl adjacent to an activating group) is 1. The van der Waals surface area contributed by atoms with Crippen molar-refractivity contribution in [2.75, 3.05) is 20.6 Å². The fourth-order valence-corrected chi connectivity index (χ4v) is 4.91. The highest BCUT2D eigenvalue weighted by Gasteiger charge is 2.36. The Morgan fingerprint density at radius 3 is 2.67 bits per heavy atom. The quantitative estimate of drug-likeness (QED) is 0.860. The molecule has 0 saturated heterocycles. The monoisotopic (exact) mass is 308 g/mol. The van der Waals surface area contributed by atoms with E-state index in [9.17, 15) is 0 Å². The van der Waals surface area contributed by atoms with Gasteiger partial charge in [-0.3, -0.25) is 0 Å². The highest BCUT2D eigenvalue weighted by molar-refractivity contribution is 7.12. The molecule has 1 aromatic heterocycles. The van der Waals surface area contributed by atoms with Crippen LogP contribution < -0.4 is 5.32 Å². The number of nitrogens with zero attached hydrogens (tertiary/aromatic N) is 1. The molecule has 1 aromatic rings. The van der Waals surface area contributed by atoms with E-state index in [2.05, 4.69) is 58.1 Å². The zero-order valence-corrected chi connectivity index (χ0v) is 15.4. The maximum absolute atomic E-state index is 3.83. The molecule has 120 valence electrons. The molecule has 2 nitrogen and oxygen atoms in total. The molecule has 1 heterocycles. The van der Waals surface area contributed by atoms with Gasteiger partial charge in [-0.1, -0.05) is 19.8 Å². The van der Waals surface area contributed by atoms with E-state index in [1.807, 2.05) is 11.3 Å². The molecule has 0 spiro atoms. The number of hydrogen-bond acceptors (Lipinski definition) is 3. The van der Waals surface area contributed by atoms with E-state index in [-0.39, 0.29) is 0 Å². The number of rotatable bonds is 5. The molecule has 1 N–H and O–H groups in total. The molecule has 3 unspecified atom stereocenters.